The Bertz CT molecular complexity index is 123. The molecule has 1 rings (SSSR count). The summed E-state index contributed by atoms with van der Waals surface area (Å²) in [5.41, 5.74) is 0. The molecule has 1 heterocycles. The molecule has 1 fully saturated rings. The molecule has 0 aliphatic carbocycles. The summed E-state index contributed by atoms with van der Waals surface area (Å²) in [7, 11) is 17.1. The average Bonchev–Trinajstić information content (AvgIpc) is 2.05. The Hall–Kier alpha value is 1.50. The summed E-state index contributed by atoms with van der Waals surface area (Å²) in [6, 6.07) is 0.586. The van der Waals surface area contributed by atoms with Crippen molar-refractivity contribution in [1.82, 2.24) is 4.90 Å². The van der Waals surface area contributed by atoms with Crippen LogP contribution in [0.15, 0.2) is 0 Å². The van der Waals surface area contributed by atoms with Gasteiger partial charge in [-0.25, -0.2) is 0 Å². The van der Waals surface area contributed by atoms with Crippen molar-refractivity contribution in [2.45, 2.75) is 25.8 Å². The van der Waals surface area contributed by atoms with Gasteiger partial charge in [-0.15, -0.1) is 12.6 Å². The van der Waals surface area contributed by atoms with Gasteiger partial charge in [0, 0.05) is 0 Å². The Morgan fingerprint density at radius 2 is 1.86 bits per heavy atom. The first-order chi connectivity index (χ1) is 6.52. The van der Waals surface area contributed by atoms with Crippen molar-refractivity contribution < 1.29 is 14.7 Å². The van der Waals surface area contributed by atoms with Gasteiger partial charge in [0.05, 0.1) is 0 Å². The SMILES string of the molecule is CC1CCN(C)CCC[N-]1.[Cl][Ti+]([Cl])[Cl]. The van der Waals surface area contributed by atoms with Crippen LogP contribution in [-0.4, -0.2) is 37.6 Å². The molecule has 0 saturated carbocycles. The summed E-state index contributed by atoms with van der Waals surface area (Å²) in [6.45, 7) is 5.70. The Morgan fingerprint density at radius 3 is 2.43 bits per heavy atom. The fraction of sp³-hybridized carbons (Fsp3) is 1.00. The van der Waals surface area contributed by atoms with Crippen molar-refractivity contribution in [3.05, 3.63) is 5.32 Å². The van der Waals surface area contributed by atoms with Crippen LogP contribution in [0.3, 0.4) is 0 Å². The van der Waals surface area contributed by atoms with Crippen LogP contribution in [0.1, 0.15) is 19.8 Å². The first kappa shape index (κ1) is 15.5. The van der Waals surface area contributed by atoms with Crippen molar-refractivity contribution in [2.24, 2.45) is 0 Å². The summed E-state index contributed by atoms with van der Waals surface area (Å²) in [4.78, 5) is 2.39. The molecule has 14 heavy (non-hydrogen) atoms. The number of halogens is 3. The molecule has 1 atom stereocenters. The molecular weight excluding hydrogens is 278 g/mol. The van der Waals surface area contributed by atoms with Gasteiger partial charge >= 0.3 is 42.6 Å². The van der Waals surface area contributed by atoms with Crippen LogP contribution in [0.25, 0.3) is 5.32 Å². The van der Waals surface area contributed by atoms with E-state index in [0.29, 0.717) is 6.04 Å². The maximum absolute atomic E-state index is 4.97. The van der Waals surface area contributed by atoms with Crippen LogP contribution in [0.2, 0.25) is 0 Å². The van der Waals surface area contributed by atoms with E-state index in [4.69, 9.17) is 27.9 Å². The van der Waals surface area contributed by atoms with Gasteiger partial charge in [-0.1, -0.05) is 19.8 Å². The standard InChI is InChI=1S/C8H17N2.3ClH.Ti/c1-8-4-7-10(2)6-3-5-9-8;;;;/h8H,3-7H2,1-2H3;3*1H;/q-1;;;;+4/p-3. The Morgan fingerprint density at radius 1 is 1.29 bits per heavy atom. The van der Waals surface area contributed by atoms with E-state index >= 15 is 0 Å². The number of rotatable bonds is 0. The van der Waals surface area contributed by atoms with Crippen molar-refractivity contribution in [3.8, 4) is 0 Å². The quantitative estimate of drug-likeness (QED) is 0.625. The molecule has 0 bridgehead atoms. The normalized spacial score (nSPS) is 24.2. The van der Waals surface area contributed by atoms with E-state index in [1.165, 1.54) is 25.9 Å². The molecule has 0 radical (unpaired) electrons. The summed E-state index contributed by atoms with van der Waals surface area (Å²) in [5.74, 6) is 0. The van der Waals surface area contributed by atoms with Gasteiger partial charge in [-0.3, -0.25) is 0 Å². The second kappa shape index (κ2) is 9.71. The van der Waals surface area contributed by atoms with Crippen molar-refractivity contribution >= 4 is 27.9 Å². The summed E-state index contributed by atoms with van der Waals surface area (Å²) in [5, 5.41) is 4.49. The molecule has 1 unspecified atom stereocenters. The van der Waals surface area contributed by atoms with Gasteiger partial charge in [0.15, 0.2) is 0 Å². The van der Waals surface area contributed by atoms with Crippen LogP contribution in [0.4, 0.5) is 0 Å². The number of nitrogens with zero attached hydrogens (tertiary/aromatic N) is 2. The molecule has 1 saturated heterocycles. The van der Waals surface area contributed by atoms with E-state index in [0.717, 1.165) is 6.54 Å². The van der Waals surface area contributed by atoms with Gasteiger partial charge < -0.3 is 10.2 Å². The molecule has 1 aliphatic heterocycles. The minimum absolute atomic E-state index is 0.586. The van der Waals surface area contributed by atoms with Crippen LogP contribution in [0, 0.1) is 0 Å². The van der Waals surface area contributed by atoms with Gasteiger partial charge in [-0.05, 0) is 20.1 Å². The summed E-state index contributed by atoms with van der Waals surface area (Å²) >= 11 is -1.92. The molecule has 0 aromatic heterocycles. The van der Waals surface area contributed by atoms with E-state index in [9.17, 15) is 0 Å². The third-order valence-corrected chi connectivity index (χ3v) is 2.07. The predicted molar refractivity (Wildman–Crippen MR) is 62.0 cm³/mol. The topological polar surface area (TPSA) is 17.3 Å². The third-order valence-electron chi connectivity index (χ3n) is 2.07. The van der Waals surface area contributed by atoms with E-state index < -0.39 is 14.7 Å². The molecule has 0 aromatic rings. The molecular formula is C8H17Cl3N2Ti. The Kier molecular flexibility index (Phi) is 10.8. The molecule has 0 amide bonds. The molecule has 1 aliphatic rings. The fourth-order valence-electron chi connectivity index (χ4n) is 1.26. The predicted octanol–water partition coefficient (Wildman–Crippen LogP) is 3.54. The first-order valence-electron chi connectivity index (χ1n) is 4.71. The number of hydrogen-bond donors (Lipinski definition) is 0. The average molecular weight is 295 g/mol. The van der Waals surface area contributed by atoms with Crippen molar-refractivity contribution in [2.75, 3.05) is 26.7 Å². The van der Waals surface area contributed by atoms with E-state index in [1.807, 2.05) is 0 Å². The van der Waals surface area contributed by atoms with E-state index in [2.05, 4.69) is 24.2 Å². The maximum atomic E-state index is 4.97. The zero-order valence-electron chi connectivity index (χ0n) is 8.64. The molecule has 6 heteroatoms. The second-order valence-electron chi connectivity index (χ2n) is 3.41. The van der Waals surface area contributed by atoms with E-state index in [1.54, 1.807) is 0 Å². The summed E-state index contributed by atoms with van der Waals surface area (Å²) < 4.78 is 0. The van der Waals surface area contributed by atoms with Gasteiger partial charge in [-0.2, -0.15) is 0 Å². The van der Waals surface area contributed by atoms with E-state index in [-0.39, 0.29) is 0 Å². The minimum atomic E-state index is -1.92. The molecule has 84 valence electrons. The van der Waals surface area contributed by atoms with Crippen LogP contribution >= 0.6 is 27.9 Å². The molecule has 0 spiro atoms. The molecule has 0 N–H and O–H groups in total. The van der Waals surface area contributed by atoms with Crippen LogP contribution in [-0.2, 0) is 14.7 Å². The van der Waals surface area contributed by atoms with Gasteiger partial charge in [0.1, 0.15) is 0 Å². The van der Waals surface area contributed by atoms with Gasteiger partial charge in [0.2, 0.25) is 0 Å². The monoisotopic (exact) mass is 294 g/mol. The second-order valence-corrected chi connectivity index (χ2v) is 11.2. The van der Waals surface area contributed by atoms with Crippen LogP contribution < -0.4 is 0 Å². The summed E-state index contributed by atoms with van der Waals surface area (Å²) in [6.07, 6.45) is 2.47. The van der Waals surface area contributed by atoms with Crippen molar-refractivity contribution in [1.29, 1.82) is 0 Å². The van der Waals surface area contributed by atoms with Crippen molar-refractivity contribution in [3.63, 3.8) is 0 Å². The number of hydrogen-bond acceptors (Lipinski definition) is 1. The van der Waals surface area contributed by atoms with Crippen LogP contribution in [0.5, 0.6) is 0 Å². The Labute approximate surface area is 105 Å². The third kappa shape index (κ3) is 11.6. The first-order valence-corrected chi connectivity index (χ1v) is 11.2. The zero-order valence-corrected chi connectivity index (χ0v) is 12.5. The Balaban J connectivity index is 0.000000364. The van der Waals surface area contributed by atoms with Gasteiger partial charge in [0.25, 0.3) is 0 Å². The molecule has 2 nitrogen and oxygen atoms in total. The fourth-order valence-corrected chi connectivity index (χ4v) is 1.26. The zero-order chi connectivity index (χ0) is 11.0. The molecule has 0 aromatic carbocycles.